The molecule has 1 saturated heterocycles. The summed E-state index contributed by atoms with van der Waals surface area (Å²) in [6, 6.07) is 5.62. The topological polar surface area (TPSA) is 148 Å². The van der Waals surface area contributed by atoms with E-state index in [1.54, 1.807) is 27.6 Å². The number of aromatic nitrogens is 4. The van der Waals surface area contributed by atoms with Gasteiger partial charge in [0.2, 0.25) is 11.8 Å². The van der Waals surface area contributed by atoms with Crippen molar-refractivity contribution in [3.8, 4) is 22.4 Å². The van der Waals surface area contributed by atoms with Crippen LogP contribution in [0.3, 0.4) is 0 Å². The number of likely N-dealkylation sites (tertiary alicyclic amines) is 1. The van der Waals surface area contributed by atoms with E-state index >= 15 is 0 Å². The first-order chi connectivity index (χ1) is 23.3. The number of benzene rings is 1. The number of rotatable bonds is 9. The van der Waals surface area contributed by atoms with Crippen molar-refractivity contribution in [1.29, 1.82) is 0 Å². The second kappa shape index (κ2) is 13.2. The SMILES string of the molecule is CNC(C(=O)N1CC=CC1c1nc2ccc(-c3csc4c(-c5cnc(C6CCCN6C(=O)CNC(=O)OC)[nH]5)csc34)cc2[nH]1)C(C)C. The minimum Gasteiger partial charge on any atom is -0.453 e. The highest BCUT2D eigenvalue weighted by Crippen LogP contribution is 2.44. The number of H-pyrrole nitrogens is 2. The van der Waals surface area contributed by atoms with Crippen LogP contribution in [0.25, 0.3) is 42.8 Å². The number of nitrogens with one attached hydrogen (secondary N) is 4. The third-order valence-electron chi connectivity index (χ3n) is 9.20. The Labute approximate surface area is 285 Å². The fourth-order valence-corrected chi connectivity index (χ4v) is 9.21. The molecule has 0 saturated carbocycles. The Morgan fingerprint density at radius 2 is 1.88 bits per heavy atom. The number of carbonyl (C=O) groups is 3. The number of carbonyl (C=O) groups excluding carboxylic acids is 3. The van der Waals surface area contributed by atoms with Gasteiger partial charge in [0, 0.05) is 35.0 Å². The predicted molar refractivity (Wildman–Crippen MR) is 188 cm³/mol. The molecule has 250 valence electrons. The van der Waals surface area contributed by atoms with Gasteiger partial charge in [0.15, 0.2) is 0 Å². The maximum atomic E-state index is 13.4. The maximum absolute atomic E-state index is 13.4. The number of likely N-dealkylation sites (N-methyl/N-ethyl adjacent to an activating group) is 1. The molecule has 0 bridgehead atoms. The number of imidazole rings is 2. The lowest BCUT2D eigenvalue weighted by Gasteiger charge is -2.29. The zero-order valence-corrected chi connectivity index (χ0v) is 28.8. The lowest BCUT2D eigenvalue weighted by molar-refractivity contribution is -0.135. The summed E-state index contributed by atoms with van der Waals surface area (Å²) >= 11 is 3.40. The minimum atomic E-state index is -0.628. The van der Waals surface area contributed by atoms with Crippen molar-refractivity contribution in [3.63, 3.8) is 0 Å². The fourth-order valence-electron chi connectivity index (χ4n) is 6.76. The maximum Gasteiger partial charge on any atom is 0.407 e. The molecule has 1 aromatic carbocycles. The number of nitrogens with zero attached hydrogens (tertiary/aromatic N) is 4. The molecule has 0 spiro atoms. The molecule has 7 rings (SSSR count). The number of aromatic amines is 2. The minimum absolute atomic E-state index is 0.0733. The summed E-state index contributed by atoms with van der Waals surface area (Å²) in [4.78, 5) is 57.9. The Balaban J connectivity index is 1.11. The van der Waals surface area contributed by atoms with Crippen LogP contribution in [0.5, 0.6) is 0 Å². The normalized spacial score (nSPS) is 18.4. The molecule has 3 atom stereocenters. The number of thiophene rings is 2. The summed E-state index contributed by atoms with van der Waals surface area (Å²) in [5.74, 6) is 1.59. The van der Waals surface area contributed by atoms with Crippen molar-refractivity contribution < 1.29 is 19.1 Å². The third kappa shape index (κ3) is 5.77. The van der Waals surface area contributed by atoms with E-state index in [-0.39, 0.29) is 42.4 Å². The van der Waals surface area contributed by atoms with Crippen LogP contribution in [0.4, 0.5) is 4.79 Å². The Morgan fingerprint density at radius 1 is 1.08 bits per heavy atom. The number of hydrogen-bond donors (Lipinski definition) is 4. The van der Waals surface area contributed by atoms with Crippen molar-refractivity contribution in [2.75, 3.05) is 33.8 Å². The molecular weight excluding hydrogens is 649 g/mol. The number of ether oxygens (including phenoxy) is 1. The number of fused-ring (bicyclic) bond motifs is 2. The van der Waals surface area contributed by atoms with Gasteiger partial charge in [0.25, 0.3) is 0 Å². The van der Waals surface area contributed by atoms with Crippen molar-refractivity contribution in [2.24, 2.45) is 5.92 Å². The average Bonchev–Trinajstić information content (AvgIpc) is 3.91. The van der Waals surface area contributed by atoms with Gasteiger partial charge in [0.1, 0.15) is 24.2 Å². The summed E-state index contributed by atoms with van der Waals surface area (Å²) in [5, 5.41) is 9.99. The molecule has 2 aliphatic heterocycles. The van der Waals surface area contributed by atoms with Crippen LogP contribution in [0.15, 0.2) is 47.3 Å². The highest BCUT2D eigenvalue weighted by Gasteiger charge is 2.34. The Hall–Kier alpha value is -4.53. The van der Waals surface area contributed by atoms with Crippen LogP contribution in [-0.2, 0) is 14.3 Å². The lowest BCUT2D eigenvalue weighted by Crippen LogP contribution is -2.48. The molecule has 5 aromatic rings. The number of methoxy groups -OCH3 is 1. The quantitative estimate of drug-likeness (QED) is 0.148. The molecule has 14 heteroatoms. The molecule has 4 aromatic heterocycles. The largest absolute Gasteiger partial charge is 0.453 e. The first-order valence-electron chi connectivity index (χ1n) is 16.1. The Morgan fingerprint density at radius 3 is 2.65 bits per heavy atom. The van der Waals surface area contributed by atoms with Crippen LogP contribution in [0.2, 0.25) is 0 Å². The van der Waals surface area contributed by atoms with Crippen LogP contribution in [-0.4, -0.2) is 87.5 Å². The molecule has 48 heavy (non-hydrogen) atoms. The standard InChI is InChI=1S/C34H38N8O4S2/c1-18(2)28(35-3)33(44)42-12-6-8-26(42)32-38-22-10-9-19(13-23(22)39-32)20-16-47-30-21(17-48-29(20)30)24-14-36-31(40-24)25-7-5-11-41(25)27(43)15-37-34(45)46-4/h6,8-10,13-14,16-18,25-26,28,35H,5,7,11-12,15H2,1-4H3,(H,36,40)(H,37,45)(H,38,39). The summed E-state index contributed by atoms with van der Waals surface area (Å²) < 4.78 is 6.96. The van der Waals surface area contributed by atoms with Gasteiger partial charge < -0.3 is 35.1 Å². The molecule has 0 radical (unpaired) electrons. The van der Waals surface area contributed by atoms with E-state index in [0.29, 0.717) is 13.1 Å². The van der Waals surface area contributed by atoms with Crippen molar-refractivity contribution >= 4 is 61.0 Å². The Bertz CT molecular complexity index is 2020. The molecule has 3 amide bonds. The van der Waals surface area contributed by atoms with Gasteiger partial charge in [-0.2, -0.15) is 0 Å². The van der Waals surface area contributed by atoms with Gasteiger partial charge in [-0.15, -0.1) is 22.7 Å². The predicted octanol–water partition coefficient (Wildman–Crippen LogP) is 5.60. The van der Waals surface area contributed by atoms with E-state index in [2.05, 4.69) is 53.2 Å². The van der Waals surface area contributed by atoms with Crippen molar-refractivity contribution in [1.82, 2.24) is 40.4 Å². The Kier molecular flexibility index (Phi) is 8.79. The molecule has 12 nitrogen and oxygen atoms in total. The molecule has 3 unspecified atom stereocenters. The fraction of sp³-hybridized carbons (Fsp3) is 0.382. The molecular formula is C34H38N8O4S2. The highest BCUT2D eigenvalue weighted by atomic mass is 32.1. The van der Waals surface area contributed by atoms with E-state index in [9.17, 15) is 14.4 Å². The summed E-state index contributed by atoms with van der Waals surface area (Å²) in [6.07, 6.45) is 6.96. The van der Waals surface area contributed by atoms with Crippen LogP contribution in [0.1, 0.15) is 50.4 Å². The zero-order valence-electron chi connectivity index (χ0n) is 27.2. The van der Waals surface area contributed by atoms with Gasteiger partial charge in [-0.05, 0) is 43.5 Å². The van der Waals surface area contributed by atoms with Crippen LogP contribution in [0, 0.1) is 5.92 Å². The van der Waals surface area contributed by atoms with E-state index in [0.717, 1.165) is 57.9 Å². The number of alkyl carbamates (subject to hydrolysis) is 1. The van der Waals surface area contributed by atoms with E-state index < -0.39 is 6.09 Å². The van der Waals surface area contributed by atoms with Crippen molar-refractivity contribution in [3.05, 3.63) is 59.0 Å². The third-order valence-corrected chi connectivity index (χ3v) is 11.4. The smallest absolute Gasteiger partial charge is 0.407 e. The molecule has 0 aliphatic carbocycles. The number of hydrogen-bond acceptors (Lipinski definition) is 9. The lowest BCUT2D eigenvalue weighted by atomic mass is 10.0. The van der Waals surface area contributed by atoms with Gasteiger partial charge in [-0.1, -0.05) is 32.1 Å². The zero-order chi connectivity index (χ0) is 33.5. The first kappa shape index (κ1) is 32.0. The van der Waals surface area contributed by atoms with E-state index in [1.807, 2.05) is 50.2 Å². The summed E-state index contributed by atoms with van der Waals surface area (Å²) in [7, 11) is 3.10. The number of amides is 3. The first-order valence-corrected chi connectivity index (χ1v) is 17.8. The van der Waals surface area contributed by atoms with Gasteiger partial charge in [-0.3, -0.25) is 9.59 Å². The second-order valence-corrected chi connectivity index (χ2v) is 14.2. The molecule has 2 aliphatic rings. The molecule has 4 N–H and O–H groups in total. The highest BCUT2D eigenvalue weighted by molar-refractivity contribution is 7.27. The van der Waals surface area contributed by atoms with Gasteiger partial charge in [0.05, 0.1) is 51.5 Å². The monoisotopic (exact) mass is 686 g/mol. The average molecular weight is 687 g/mol. The van der Waals surface area contributed by atoms with Gasteiger partial charge >= 0.3 is 6.09 Å². The van der Waals surface area contributed by atoms with Crippen molar-refractivity contribution in [2.45, 2.75) is 44.8 Å². The molecule has 6 heterocycles. The molecule has 1 fully saturated rings. The van der Waals surface area contributed by atoms with Crippen LogP contribution >= 0.6 is 22.7 Å². The second-order valence-electron chi connectivity index (χ2n) is 12.5. The summed E-state index contributed by atoms with van der Waals surface area (Å²) in [5.41, 5.74) is 6.02. The summed E-state index contributed by atoms with van der Waals surface area (Å²) in [6.45, 7) is 5.16. The van der Waals surface area contributed by atoms with Crippen LogP contribution < -0.4 is 10.6 Å². The van der Waals surface area contributed by atoms with E-state index in [4.69, 9.17) is 4.98 Å². The van der Waals surface area contributed by atoms with E-state index in [1.165, 1.54) is 16.5 Å². The van der Waals surface area contributed by atoms with Gasteiger partial charge in [-0.25, -0.2) is 14.8 Å².